The first-order valence-electron chi connectivity index (χ1n) is 25.7. The molecule has 74 heavy (non-hydrogen) atoms. The van der Waals surface area contributed by atoms with E-state index in [1.807, 2.05) is 76.4 Å². The summed E-state index contributed by atoms with van der Waals surface area (Å²) in [5, 5.41) is 36.9. The highest BCUT2D eigenvalue weighted by Gasteiger charge is 2.44. The van der Waals surface area contributed by atoms with Crippen LogP contribution in [0.5, 0.6) is 17.5 Å². The Labute approximate surface area is 430 Å². The molecule has 2 aromatic carbocycles. The van der Waals surface area contributed by atoms with Crippen LogP contribution in [0, 0.1) is 12.8 Å². The van der Waals surface area contributed by atoms with Gasteiger partial charge in [-0.1, -0.05) is 50.2 Å². The van der Waals surface area contributed by atoms with Gasteiger partial charge in [0.1, 0.15) is 30.9 Å². The van der Waals surface area contributed by atoms with Gasteiger partial charge in [-0.05, 0) is 67.6 Å². The predicted octanol–water partition coefficient (Wildman–Crippen LogP) is 5.29. The molecule has 0 radical (unpaired) electrons. The third kappa shape index (κ3) is 11.0. The Balaban J connectivity index is 0.655. The van der Waals surface area contributed by atoms with Gasteiger partial charge in [0.25, 0.3) is 5.88 Å². The number of aliphatic hydroxyl groups excluding tert-OH is 1. The van der Waals surface area contributed by atoms with Crippen LogP contribution in [0.15, 0.2) is 94.3 Å². The van der Waals surface area contributed by atoms with Crippen molar-refractivity contribution in [2.75, 3.05) is 87.7 Å². The Hall–Kier alpha value is -7.29. The van der Waals surface area contributed by atoms with E-state index >= 15 is 0 Å². The van der Waals surface area contributed by atoms with Crippen LogP contribution < -0.4 is 30.3 Å². The summed E-state index contributed by atoms with van der Waals surface area (Å²) in [6.45, 7) is 15.2. The van der Waals surface area contributed by atoms with Crippen LogP contribution in [0.1, 0.15) is 69.0 Å². The van der Waals surface area contributed by atoms with Gasteiger partial charge >= 0.3 is 0 Å². The minimum absolute atomic E-state index is 0.0403. The highest BCUT2D eigenvalue weighted by atomic mass is 16.5. The summed E-state index contributed by atoms with van der Waals surface area (Å²) in [6.07, 6.45) is 4.66. The number of phenolic OH excluding ortho intramolecular Hbond substituents is 1. The van der Waals surface area contributed by atoms with Crippen molar-refractivity contribution >= 4 is 29.0 Å². The number of nitrogens with one attached hydrogen (secondary N) is 1. The number of aromatic nitrogens is 5. The molecule has 8 heterocycles. The maximum atomic E-state index is 14.2. The number of nitrogen functional groups attached to an aromatic ring is 1. The molecule has 0 spiro atoms. The summed E-state index contributed by atoms with van der Waals surface area (Å²) in [4.78, 5) is 47.7. The Kier molecular flexibility index (Phi) is 15.0. The third-order valence-electron chi connectivity index (χ3n) is 15.0. The number of hydrogen-bond donors (Lipinski definition) is 4. The van der Waals surface area contributed by atoms with Crippen LogP contribution in [-0.2, 0) is 9.59 Å². The number of nitrogens with zero attached hydrogens (tertiary/aromatic N) is 10. The van der Waals surface area contributed by atoms with E-state index in [4.69, 9.17) is 24.1 Å². The lowest BCUT2D eigenvalue weighted by Gasteiger charge is -2.43. The standard InChI is InChI=1S/C54H66N12O8/c1-33(2)50(54(70)65-31-41(67)26-45(65)53(69)58-34(3)36-9-11-37(12-10-36)51-35(4)57-32-73-51)47-28-49(61-74-47)72-24-22-63-19-17-62(18-20-63)21-23-71-48-25-38(15-16-56-48)66-39-13-14-40(66)30-64(29-39)44-27-43(59-60-52(44)55)42-7-5-6-8-46(42)68/h5-12,15-16,25,27-28,32-34,39-41,45,50,67-68H,13-14,17-24,26,29-31H2,1-4H3,(H2,55,60)(H,58,69)/t34-,39?,40?,41+,45-,50-/m0/s1. The average molecular weight is 1010 g/mol. The number of ether oxygens (including phenoxy) is 2. The first-order valence-corrected chi connectivity index (χ1v) is 25.7. The summed E-state index contributed by atoms with van der Waals surface area (Å²) in [5.41, 5.74) is 12.1. The molecule has 5 N–H and O–H groups in total. The lowest BCUT2D eigenvalue weighted by atomic mass is 9.91. The van der Waals surface area contributed by atoms with Gasteiger partial charge < -0.3 is 54.4 Å². The molecule has 4 saturated heterocycles. The van der Waals surface area contributed by atoms with Gasteiger partial charge in [0.2, 0.25) is 17.7 Å². The lowest BCUT2D eigenvalue weighted by Crippen LogP contribution is -2.54. The fourth-order valence-electron chi connectivity index (χ4n) is 11.0. The number of rotatable bonds is 18. The number of carbonyl (C=O) groups excluding carboxylic acids is 2. The number of carbonyl (C=O) groups is 2. The number of amides is 2. The van der Waals surface area contributed by atoms with E-state index in [0.29, 0.717) is 60.1 Å². The molecule has 390 valence electrons. The number of fused-ring (bicyclic) bond motifs is 2. The van der Waals surface area contributed by atoms with E-state index in [0.717, 1.165) is 86.9 Å². The van der Waals surface area contributed by atoms with Crippen molar-refractivity contribution in [2.45, 2.75) is 83.1 Å². The Morgan fingerprint density at radius 3 is 2.24 bits per heavy atom. The number of likely N-dealkylation sites (tertiary alicyclic amines) is 1. The SMILES string of the molecule is Cc1ncoc1-c1ccc([C@H](C)NC(=O)[C@@H]2C[C@@H](O)CN2C(=O)[C@H](c2cc(OCCN3CCN(CCOc4cc(N5C6CCC5CN(c5cc(-c7ccccc7O)nnc5N)C6)ccn4)CC3)no2)C(C)C)cc1. The minimum Gasteiger partial charge on any atom is -0.507 e. The average Bonchev–Trinajstić information content (AvgIpc) is 4.20. The molecule has 0 aliphatic carbocycles. The number of β-amino-alcohol motifs (C(OH)–C–C–N with tert-alkyl or cyclic N) is 1. The number of aromatic hydroxyl groups is 1. The van der Waals surface area contributed by atoms with Crippen molar-refractivity contribution in [1.29, 1.82) is 0 Å². The number of aryl methyl sites for hydroxylation is 1. The molecular weight excluding hydrogens is 945 g/mol. The largest absolute Gasteiger partial charge is 0.507 e. The summed E-state index contributed by atoms with van der Waals surface area (Å²) < 4.78 is 23.5. The quantitative estimate of drug-likeness (QED) is 0.0856. The second-order valence-electron chi connectivity index (χ2n) is 20.3. The summed E-state index contributed by atoms with van der Waals surface area (Å²) in [6, 6.07) is 21.9. The van der Waals surface area contributed by atoms with Crippen molar-refractivity contribution in [3.05, 3.63) is 102 Å². The number of anilines is 3. The number of aliphatic hydroxyl groups is 1. The van der Waals surface area contributed by atoms with E-state index in [1.165, 1.54) is 11.3 Å². The van der Waals surface area contributed by atoms with Gasteiger partial charge in [-0.3, -0.25) is 19.4 Å². The van der Waals surface area contributed by atoms with Crippen molar-refractivity contribution in [3.8, 4) is 40.1 Å². The van der Waals surface area contributed by atoms with E-state index in [9.17, 15) is 19.8 Å². The smallest absolute Gasteiger partial charge is 0.254 e. The number of phenols is 1. The van der Waals surface area contributed by atoms with Gasteiger partial charge in [0.05, 0.1) is 29.2 Å². The molecule has 4 aromatic heterocycles. The zero-order valence-electron chi connectivity index (χ0n) is 42.4. The Bertz CT molecular complexity index is 2870. The second-order valence-corrected chi connectivity index (χ2v) is 20.3. The summed E-state index contributed by atoms with van der Waals surface area (Å²) >= 11 is 0. The Morgan fingerprint density at radius 2 is 1.57 bits per heavy atom. The molecule has 4 aliphatic heterocycles. The molecule has 0 saturated carbocycles. The first-order chi connectivity index (χ1) is 35.9. The first kappa shape index (κ1) is 50.3. The fourth-order valence-corrected chi connectivity index (χ4v) is 11.0. The molecular formula is C54H66N12O8. The molecule has 4 aliphatic rings. The topological polar surface area (TPSA) is 238 Å². The number of nitrogens with two attached hydrogens (primary N) is 1. The molecule has 6 atom stereocenters. The van der Waals surface area contributed by atoms with Gasteiger partial charge in [0, 0.05) is 113 Å². The van der Waals surface area contributed by atoms with Crippen LogP contribution >= 0.6 is 0 Å². The van der Waals surface area contributed by atoms with Crippen LogP contribution in [0.4, 0.5) is 17.2 Å². The molecule has 2 amide bonds. The molecule has 4 fully saturated rings. The fraction of sp³-hybridized carbons (Fsp3) is 0.463. The third-order valence-corrected chi connectivity index (χ3v) is 15.0. The number of oxazole rings is 1. The van der Waals surface area contributed by atoms with Crippen LogP contribution in [0.25, 0.3) is 22.6 Å². The number of benzene rings is 2. The zero-order chi connectivity index (χ0) is 51.5. The van der Waals surface area contributed by atoms with E-state index in [2.05, 4.69) is 62.4 Å². The van der Waals surface area contributed by atoms with Crippen molar-refractivity contribution in [3.63, 3.8) is 0 Å². The van der Waals surface area contributed by atoms with Crippen molar-refractivity contribution < 1.29 is 38.2 Å². The van der Waals surface area contributed by atoms with Gasteiger partial charge in [0.15, 0.2) is 23.7 Å². The highest BCUT2D eigenvalue weighted by molar-refractivity contribution is 5.91. The van der Waals surface area contributed by atoms with Crippen molar-refractivity contribution in [1.82, 2.24) is 45.3 Å². The number of piperazine rings is 2. The maximum absolute atomic E-state index is 14.2. The van der Waals surface area contributed by atoms with Crippen LogP contribution in [-0.4, -0.2) is 158 Å². The molecule has 2 bridgehead atoms. The van der Waals surface area contributed by atoms with E-state index in [1.54, 1.807) is 18.2 Å². The predicted molar refractivity (Wildman–Crippen MR) is 277 cm³/mol. The van der Waals surface area contributed by atoms with E-state index in [-0.39, 0.29) is 54.6 Å². The maximum Gasteiger partial charge on any atom is 0.254 e. The zero-order valence-corrected chi connectivity index (χ0v) is 42.4. The van der Waals surface area contributed by atoms with Crippen molar-refractivity contribution in [2.24, 2.45) is 5.92 Å². The minimum atomic E-state index is -0.847. The molecule has 2 unspecified atom stereocenters. The van der Waals surface area contributed by atoms with Crippen LogP contribution in [0.3, 0.4) is 0 Å². The highest BCUT2D eigenvalue weighted by Crippen LogP contribution is 2.40. The lowest BCUT2D eigenvalue weighted by molar-refractivity contribution is -0.141. The number of para-hydroxylation sites is 1. The number of pyridine rings is 1. The summed E-state index contributed by atoms with van der Waals surface area (Å²) in [7, 11) is 0. The van der Waals surface area contributed by atoms with E-state index < -0.39 is 18.1 Å². The molecule has 20 nitrogen and oxygen atoms in total. The van der Waals surface area contributed by atoms with Gasteiger partial charge in [-0.2, -0.15) is 0 Å². The normalized spacial score (nSPS) is 21.0. The van der Waals surface area contributed by atoms with Crippen LogP contribution in [0.2, 0.25) is 0 Å². The molecule has 10 rings (SSSR count). The molecule has 6 aromatic rings. The van der Waals surface area contributed by atoms with Gasteiger partial charge in [-0.25, -0.2) is 9.97 Å². The molecule has 20 heteroatoms. The number of hydrogen-bond acceptors (Lipinski definition) is 18. The second kappa shape index (κ2) is 22.0. The van der Waals surface area contributed by atoms with Gasteiger partial charge in [-0.15, -0.1) is 10.2 Å². The Morgan fingerprint density at radius 1 is 0.865 bits per heavy atom. The summed E-state index contributed by atoms with van der Waals surface area (Å²) in [5.74, 6) is 0.924. The monoisotopic (exact) mass is 1010 g/mol.